The number of anilines is 1. The number of fused-ring (bicyclic) bond motifs is 1. The fourth-order valence-electron chi connectivity index (χ4n) is 3.50. The average Bonchev–Trinajstić information content (AvgIpc) is 3.44. The number of urea groups is 1. The summed E-state index contributed by atoms with van der Waals surface area (Å²) in [4.78, 5) is 26.5. The van der Waals surface area contributed by atoms with Gasteiger partial charge in [0, 0.05) is 30.9 Å². The summed E-state index contributed by atoms with van der Waals surface area (Å²) in [5, 5.41) is 13.9. The molecule has 0 bridgehead atoms. The summed E-state index contributed by atoms with van der Waals surface area (Å²) in [5.74, 6) is 0.769. The van der Waals surface area contributed by atoms with Crippen molar-refractivity contribution < 1.29 is 14.3 Å². The number of aromatic nitrogens is 3. The van der Waals surface area contributed by atoms with Crippen molar-refractivity contribution in [2.75, 3.05) is 32.1 Å². The molecule has 4 rings (SSSR count). The van der Waals surface area contributed by atoms with Crippen LogP contribution >= 0.6 is 0 Å². The van der Waals surface area contributed by atoms with Gasteiger partial charge in [0.2, 0.25) is 0 Å². The van der Waals surface area contributed by atoms with Crippen molar-refractivity contribution in [1.29, 1.82) is 0 Å². The van der Waals surface area contributed by atoms with E-state index in [1.807, 2.05) is 17.0 Å². The van der Waals surface area contributed by atoms with Crippen LogP contribution in [0.4, 0.5) is 10.5 Å². The molecule has 3 amide bonds. The molecule has 2 N–H and O–H groups in total. The van der Waals surface area contributed by atoms with Crippen LogP contribution < -0.4 is 15.4 Å². The maximum atomic E-state index is 12.5. The van der Waals surface area contributed by atoms with Gasteiger partial charge in [0.15, 0.2) is 0 Å². The molecule has 9 heteroatoms. The number of rotatable bonds is 6. The molecule has 0 radical (unpaired) electrons. The number of hydrogen-bond donors (Lipinski definition) is 2. The Morgan fingerprint density at radius 3 is 2.60 bits per heavy atom. The van der Waals surface area contributed by atoms with E-state index in [0.717, 1.165) is 37.2 Å². The number of hydrogen-bond acceptors (Lipinski definition) is 5. The van der Waals surface area contributed by atoms with Crippen LogP contribution in [-0.4, -0.2) is 58.6 Å². The topological polar surface area (TPSA) is 101 Å². The third kappa shape index (κ3) is 4.35. The van der Waals surface area contributed by atoms with Crippen molar-refractivity contribution in [3.63, 3.8) is 0 Å². The summed E-state index contributed by atoms with van der Waals surface area (Å²) in [6.07, 6.45) is 2.12. The van der Waals surface area contributed by atoms with Crippen LogP contribution in [0.25, 0.3) is 11.0 Å². The van der Waals surface area contributed by atoms with Crippen LogP contribution in [0.2, 0.25) is 0 Å². The summed E-state index contributed by atoms with van der Waals surface area (Å²) in [6, 6.07) is 12.2. The van der Waals surface area contributed by atoms with Gasteiger partial charge in [0.05, 0.1) is 19.2 Å². The Morgan fingerprint density at radius 2 is 1.87 bits per heavy atom. The van der Waals surface area contributed by atoms with Gasteiger partial charge in [-0.25, -0.2) is 9.48 Å². The summed E-state index contributed by atoms with van der Waals surface area (Å²) in [6.45, 7) is 2.47. The van der Waals surface area contributed by atoms with Gasteiger partial charge in [0.1, 0.15) is 11.3 Å². The first-order chi connectivity index (χ1) is 14.6. The molecule has 3 aromatic rings. The number of carbonyl (C=O) groups is 2. The van der Waals surface area contributed by atoms with Crippen molar-refractivity contribution in [1.82, 2.24) is 25.2 Å². The molecule has 0 aliphatic carbocycles. The minimum Gasteiger partial charge on any atom is -0.497 e. The Kier molecular flexibility index (Phi) is 5.78. The monoisotopic (exact) mass is 408 g/mol. The van der Waals surface area contributed by atoms with Crippen molar-refractivity contribution in [3.8, 4) is 5.75 Å². The fourth-order valence-corrected chi connectivity index (χ4v) is 3.50. The van der Waals surface area contributed by atoms with Crippen molar-refractivity contribution in [3.05, 3.63) is 48.0 Å². The molecule has 0 spiro atoms. The highest BCUT2D eigenvalue weighted by molar-refractivity contribution is 5.97. The Balaban J connectivity index is 1.32. The lowest BCUT2D eigenvalue weighted by atomic mass is 10.1. The second-order valence-corrected chi connectivity index (χ2v) is 7.12. The number of methoxy groups -OCH3 is 1. The molecule has 9 nitrogen and oxygen atoms in total. The molecule has 0 unspecified atom stereocenters. The van der Waals surface area contributed by atoms with Crippen molar-refractivity contribution in [2.45, 2.75) is 19.4 Å². The van der Waals surface area contributed by atoms with Crippen LogP contribution in [-0.2, 0) is 6.54 Å². The standard InChI is InChI=1S/C21H24N6O3/c1-30-17-7-5-16(6-8-17)23-21(29)22-10-13-27-19-9-4-15(14-18(19)24-25-27)20(28)26-11-2-3-12-26/h4-9,14H,2-3,10-13H2,1H3,(H2,22,23,29). The summed E-state index contributed by atoms with van der Waals surface area (Å²) in [7, 11) is 1.59. The molecule has 1 aliphatic rings. The molecule has 2 aromatic carbocycles. The predicted molar refractivity (Wildman–Crippen MR) is 113 cm³/mol. The van der Waals surface area contributed by atoms with Crippen LogP contribution in [0.15, 0.2) is 42.5 Å². The predicted octanol–water partition coefficient (Wildman–Crippen LogP) is 2.50. The molecule has 30 heavy (non-hydrogen) atoms. The van der Waals surface area contributed by atoms with E-state index in [1.165, 1.54) is 0 Å². The number of amides is 3. The largest absolute Gasteiger partial charge is 0.497 e. The highest BCUT2D eigenvalue weighted by atomic mass is 16.5. The fraction of sp³-hybridized carbons (Fsp3) is 0.333. The van der Waals surface area contributed by atoms with Gasteiger partial charge in [-0.1, -0.05) is 5.21 Å². The highest BCUT2D eigenvalue weighted by Crippen LogP contribution is 2.18. The number of nitrogens with zero attached hydrogens (tertiary/aromatic N) is 4. The molecule has 156 valence electrons. The quantitative estimate of drug-likeness (QED) is 0.653. The SMILES string of the molecule is COc1ccc(NC(=O)NCCn2nnc3cc(C(=O)N4CCCC4)ccc32)cc1. The second kappa shape index (κ2) is 8.81. The lowest BCUT2D eigenvalue weighted by Crippen LogP contribution is -2.31. The highest BCUT2D eigenvalue weighted by Gasteiger charge is 2.20. The first kappa shape index (κ1) is 19.7. The maximum Gasteiger partial charge on any atom is 0.319 e. The Labute approximate surface area is 174 Å². The molecule has 1 fully saturated rings. The molecular weight excluding hydrogens is 384 g/mol. The van der Waals surface area contributed by atoms with E-state index < -0.39 is 0 Å². The smallest absolute Gasteiger partial charge is 0.319 e. The van der Waals surface area contributed by atoms with E-state index in [4.69, 9.17) is 4.74 Å². The maximum absolute atomic E-state index is 12.5. The zero-order valence-electron chi connectivity index (χ0n) is 16.8. The first-order valence-electron chi connectivity index (χ1n) is 9.95. The van der Waals surface area contributed by atoms with E-state index in [1.54, 1.807) is 42.1 Å². The summed E-state index contributed by atoms with van der Waals surface area (Å²) < 4.78 is 6.81. The number of nitrogens with one attached hydrogen (secondary N) is 2. The first-order valence-corrected chi connectivity index (χ1v) is 9.95. The molecule has 1 aliphatic heterocycles. The summed E-state index contributed by atoms with van der Waals surface area (Å²) in [5.41, 5.74) is 2.80. The third-order valence-electron chi connectivity index (χ3n) is 5.11. The molecule has 0 saturated carbocycles. The van der Waals surface area contributed by atoms with Gasteiger partial charge in [0.25, 0.3) is 5.91 Å². The third-order valence-corrected chi connectivity index (χ3v) is 5.11. The van der Waals surface area contributed by atoms with Gasteiger partial charge in [-0.2, -0.15) is 0 Å². The number of likely N-dealkylation sites (tertiary alicyclic amines) is 1. The van der Waals surface area contributed by atoms with Crippen LogP contribution in [0.5, 0.6) is 5.75 Å². The normalized spacial score (nSPS) is 13.4. The second-order valence-electron chi connectivity index (χ2n) is 7.12. The van der Waals surface area contributed by atoms with Gasteiger partial charge < -0.3 is 20.3 Å². The molecule has 1 aromatic heterocycles. The van der Waals surface area contributed by atoms with E-state index in [9.17, 15) is 9.59 Å². The summed E-state index contributed by atoms with van der Waals surface area (Å²) >= 11 is 0. The minimum absolute atomic E-state index is 0.0424. The van der Waals surface area contributed by atoms with Crippen LogP contribution in [0, 0.1) is 0 Å². The molecule has 2 heterocycles. The van der Waals surface area contributed by atoms with Crippen LogP contribution in [0.3, 0.4) is 0 Å². The van der Waals surface area contributed by atoms with Gasteiger partial charge in [-0.15, -0.1) is 5.10 Å². The molecule has 1 saturated heterocycles. The van der Waals surface area contributed by atoms with E-state index >= 15 is 0 Å². The lowest BCUT2D eigenvalue weighted by molar-refractivity contribution is 0.0793. The van der Waals surface area contributed by atoms with Crippen molar-refractivity contribution in [2.24, 2.45) is 0 Å². The van der Waals surface area contributed by atoms with Gasteiger partial charge in [-0.3, -0.25) is 4.79 Å². The number of ether oxygens (including phenoxy) is 1. The Morgan fingerprint density at radius 1 is 1.10 bits per heavy atom. The van der Waals surface area contributed by atoms with E-state index in [-0.39, 0.29) is 11.9 Å². The zero-order chi connectivity index (χ0) is 20.9. The Bertz CT molecular complexity index is 1040. The Hall–Kier alpha value is -3.62. The molecule has 0 atom stereocenters. The minimum atomic E-state index is -0.303. The lowest BCUT2D eigenvalue weighted by Gasteiger charge is -2.14. The van der Waals surface area contributed by atoms with Crippen LogP contribution in [0.1, 0.15) is 23.2 Å². The van der Waals surface area contributed by atoms with E-state index in [0.29, 0.717) is 29.9 Å². The van der Waals surface area contributed by atoms with Gasteiger partial charge in [-0.05, 0) is 55.3 Å². The van der Waals surface area contributed by atoms with Gasteiger partial charge >= 0.3 is 6.03 Å². The van der Waals surface area contributed by atoms with E-state index in [2.05, 4.69) is 20.9 Å². The zero-order valence-corrected chi connectivity index (χ0v) is 16.8. The average molecular weight is 408 g/mol. The molecular formula is C21H24N6O3. The van der Waals surface area contributed by atoms with Crippen molar-refractivity contribution >= 4 is 28.7 Å². The number of carbonyl (C=O) groups excluding carboxylic acids is 2. The number of benzene rings is 2.